The third-order valence-electron chi connectivity index (χ3n) is 5.84. The molecule has 3 atom stereocenters. The van der Waals surface area contributed by atoms with Gasteiger partial charge in [0.1, 0.15) is 6.04 Å². The maximum atomic E-state index is 13.3. The Balaban J connectivity index is 1.55. The minimum atomic E-state index is -1.14. The molecule has 1 fully saturated rings. The molecule has 1 saturated carbocycles. The van der Waals surface area contributed by atoms with Crippen LogP contribution in [0.1, 0.15) is 29.0 Å². The molecule has 0 bridgehead atoms. The highest BCUT2D eigenvalue weighted by molar-refractivity contribution is 5.96. The average molecular weight is 430 g/mol. The number of nitrogens with one attached hydrogen (secondary N) is 1. The van der Waals surface area contributed by atoms with Crippen molar-refractivity contribution in [3.8, 4) is 0 Å². The van der Waals surface area contributed by atoms with E-state index in [1.54, 1.807) is 0 Å². The summed E-state index contributed by atoms with van der Waals surface area (Å²) in [5.41, 5.74) is 9.44. The highest BCUT2D eigenvalue weighted by Crippen LogP contribution is 2.39. The maximum absolute atomic E-state index is 13.3. The van der Waals surface area contributed by atoms with Crippen molar-refractivity contribution in [2.75, 3.05) is 5.32 Å². The monoisotopic (exact) mass is 429 g/mol. The Morgan fingerprint density at radius 2 is 1.50 bits per heavy atom. The van der Waals surface area contributed by atoms with E-state index in [9.17, 15) is 14.7 Å². The topological polar surface area (TPSA) is 95.7 Å². The fraction of sp³-hybridized carbons (Fsp3) is 0.231. The number of benzene rings is 3. The van der Waals surface area contributed by atoms with E-state index < -0.39 is 12.1 Å². The van der Waals surface area contributed by atoms with E-state index >= 15 is 0 Å². The lowest BCUT2D eigenvalue weighted by molar-refractivity contribution is -0.121. The molecule has 0 radical (unpaired) electrons. The van der Waals surface area contributed by atoms with Crippen molar-refractivity contribution >= 4 is 17.7 Å². The molecule has 0 aromatic heterocycles. The summed E-state index contributed by atoms with van der Waals surface area (Å²) in [5, 5.41) is 12.9. The zero-order valence-corrected chi connectivity index (χ0v) is 17.7. The van der Waals surface area contributed by atoms with Crippen LogP contribution in [0, 0.1) is 0 Å². The number of hydrogen-bond donors (Lipinski definition) is 3. The van der Waals surface area contributed by atoms with Crippen molar-refractivity contribution in [3.05, 3.63) is 102 Å². The van der Waals surface area contributed by atoms with Crippen LogP contribution in [0.4, 0.5) is 10.5 Å². The van der Waals surface area contributed by atoms with Gasteiger partial charge in [-0.15, -0.1) is 0 Å². The van der Waals surface area contributed by atoms with E-state index in [-0.39, 0.29) is 24.9 Å². The summed E-state index contributed by atoms with van der Waals surface area (Å²) in [4.78, 5) is 26.7. The first-order chi connectivity index (χ1) is 15.5. The van der Waals surface area contributed by atoms with Gasteiger partial charge in [-0.2, -0.15) is 0 Å². The van der Waals surface area contributed by atoms with Crippen LogP contribution in [0.15, 0.2) is 84.9 Å². The van der Waals surface area contributed by atoms with Gasteiger partial charge in [-0.1, -0.05) is 72.8 Å². The summed E-state index contributed by atoms with van der Waals surface area (Å²) in [6, 6.07) is 25.7. The molecule has 164 valence electrons. The number of amides is 2. The van der Waals surface area contributed by atoms with E-state index in [1.165, 1.54) is 4.90 Å². The summed E-state index contributed by atoms with van der Waals surface area (Å²) < 4.78 is 0. The maximum Gasteiger partial charge on any atom is 0.408 e. The van der Waals surface area contributed by atoms with Gasteiger partial charge in [0.15, 0.2) is 0 Å². The van der Waals surface area contributed by atoms with Crippen LogP contribution in [0.25, 0.3) is 0 Å². The van der Waals surface area contributed by atoms with E-state index in [2.05, 4.69) is 5.32 Å². The van der Waals surface area contributed by atoms with Crippen LogP contribution in [-0.4, -0.2) is 34.1 Å². The van der Waals surface area contributed by atoms with Gasteiger partial charge in [-0.05, 0) is 35.2 Å². The van der Waals surface area contributed by atoms with Gasteiger partial charge >= 0.3 is 6.09 Å². The number of hydrogen-bond acceptors (Lipinski definition) is 3. The molecule has 0 heterocycles. The molecule has 1 unspecified atom stereocenters. The van der Waals surface area contributed by atoms with Crippen molar-refractivity contribution in [3.63, 3.8) is 0 Å². The predicted molar refractivity (Wildman–Crippen MR) is 124 cm³/mol. The van der Waals surface area contributed by atoms with Gasteiger partial charge in [0.25, 0.3) is 0 Å². The van der Waals surface area contributed by atoms with Crippen LogP contribution in [-0.2, 0) is 17.8 Å². The second-order valence-corrected chi connectivity index (χ2v) is 8.22. The molecule has 1 aliphatic rings. The average Bonchev–Trinajstić information content (AvgIpc) is 3.54. The zero-order valence-electron chi connectivity index (χ0n) is 17.7. The highest BCUT2D eigenvalue weighted by Gasteiger charge is 2.35. The minimum Gasteiger partial charge on any atom is -0.465 e. The molecular formula is C26H27N3O3. The standard InChI is InChI=1S/C26H27N3O3/c27-23-16-22(23)20-11-13-21(14-12-20)28-25(30)24(15-18-7-3-1-4-8-18)29(26(31)32)17-19-9-5-2-6-10-19/h1-14,22-24H,15-17,27H2,(H,28,30)(H,31,32)/t22-,23+,24?/m0/s1. The smallest absolute Gasteiger partial charge is 0.408 e. The molecule has 6 nitrogen and oxygen atoms in total. The van der Waals surface area contributed by atoms with Gasteiger partial charge in [0, 0.05) is 30.6 Å². The lowest BCUT2D eigenvalue weighted by atomic mass is 10.0. The lowest BCUT2D eigenvalue weighted by Crippen LogP contribution is -2.47. The molecule has 2 amide bonds. The number of carbonyl (C=O) groups excluding carboxylic acids is 1. The number of anilines is 1. The fourth-order valence-electron chi connectivity index (χ4n) is 3.91. The van der Waals surface area contributed by atoms with Crippen LogP contribution in [0.5, 0.6) is 0 Å². The van der Waals surface area contributed by atoms with Gasteiger partial charge in [0.05, 0.1) is 0 Å². The summed E-state index contributed by atoms with van der Waals surface area (Å²) >= 11 is 0. The Morgan fingerprint density at radius 3 is 2.03 bits per heavy atom. The largest absolute Gasteiger partial charge is 0.465 e. The number of carboxylic acid groups (broad SMARTS) is 1. The molecule has 6 heteroatoms. The molecule has 1 aliphatic carbocycles. The minimum absolute atomic E-state index is 0.125. The number of nitrogens with zero attached hydrogens (tertiary/aromatic N) is 1. The zero-order chi connectivity index (χ0) is 22.5. The normalized spacial score (nSPS) is 17.9. The predicted octanol–water partition coefficient (Wildman–Crippen LogP) is 4.23. The Kier molecular flexibility index (Phi) is 6.52. The number of nitrogens with two attached hydrogens (primary N) is 1. The molecule has 0 spiro atoms. The van der Waals surface area contributed by atoms with Gasteiger partial charge in [-0.3, -0.25) is 9.69 Å². The summed E-state index contributed by atoms with van der Waals surface area (Å²) in [6.07, 6.45) is 0.127. The molecule has 3 aromatic carbocycles. The summed E-state index contributed by atoms with van der Waals surface area (Å²) in [5.74, 6) is 0.0296. The first-order valence-electron chi connectivity index (χ1n) is 10.7. The van der Waals surface area contributed by atoms with Crippen LogP contribution in [0.3, 0.4) is 0 Å². The molecule has 4 rings (SSSR count). The molecule has 0 aliphatic heterocycles. The van der Waals surface area contributed by atoms with Crippen molar-refractivity contribution in [2.24, 2.45) is 5.73 Å². The molecule has 32 heavy (non-hydrogen) atoms. The Morgan fingerprint density at radius 1 is 0.938 bits per heavy atom. The third kappa shape index (κ3) is 5.34. The van der Waals surface area contributed by atoms with Crippen LogP contribution >= 0.6 is 0 Å². The number of carbonyl (C=O) groups is 2. The highest BCUT2D eigenvalue weighted by atomic mass is 16.4. The third-order valence-corrected chi connectivity index (χ3v) is 5.84. The fourth-order valence-corrected chi connectivity index (χ4v) is 3.91. The Labute approximate surface area is 187 Å². The first kappa shape index (κ1) is 21.6. The van der Waals surface area contributed by atoms with Crippen molar-refractivity contribution in [1.82, 2.24) is 4.90 Å². The Bertz CT molecular complexity index is 1050. The molecule has 0 saturated heterocycles. The molecule has 3 aromatic rings. The lowest BCUT2D eigenvalue weighted by Gasteiger charge is -2.29. The van der Waals surface area contributed by atoms with Gasteiger partial charge in [-0.25, -0.2) is 4.79 Å². The van der Waals surface area contributed by atoms with Crippen molar-refractivity contribution in [1.29, 1.82) is 0 Å². The quantitative estimate of drug-likeness (QED) is 0.499. The summed E-state index contributed by atoms with van der Waals surface area (Å²) in [6.45, 7) is 0.125. The van der Waals surface area contributed by atoms with E-state index in [0.29, 0.717) is 11.6 Å². The van der Waals surface area contributed by atoms with Crippen molar-refractivity contribution in [2.45, 2.75) is 37.4 Å². The van der Waals surface area contributed by atoms with Crippen LogP contribution in [0.2, 0.25) is 0 Å². The SMILES string of the molecule is N[C@@H]1C[C@H]1c1ccc(NC(=O)C(Cc2ccccc2)N(Cc2ccccc2)C(=O)O)cc1. The molecule has 4 N–H and O–H groups in total. The second kappa shape index (κ2) is 9.66. The van der Waals surface area contributed by atoms with Gasteiger partial charge < -0.3 is 16.2 Å². The first-order valence-corrected chi connectivity index (χ1v) is 10.7. The van der Waals surface area contributed by atoms with E-state index in [4.69, 9.17) is 5.73 Å². The number of rotatable bonds is 8. The van der Waals surface area contributed by atoms with Crippen LogP contribution < -0.4 is 11.1 Å². The van der Waals surface area contributed by atoms with Crippen molar-refractivity contribution < 1.29 is 14.7 Å². The van der Waals surface area contributed by atoms with E-state index in [0.717, 1.165) is 23.1 Å². The summed E-state index contributed by atoms with van der Waals surface area (Å²) in [7, 11) is 0. The van der Waals surface area contributed by atoms with Gasteiger partial charge in [0.2, 0.25) is 5.91 Å². The Hall–Kier alpha value is -3.64. The molecular weight excluding hydrogens is 402 g/mol. The van der Waals surface area contributed by atoms with E-state index in [1.807, 2.05) is 84.9 Å². The second-order valence-electron chi connectivity index (χ2n) is 8.22.